The van der Waals surface area contributed by atoms with E-state index in [1.54, 1.807) is 30.6 Å². The monoisotopic (exact) mass is 319 g/mol. The summed E-state index contributed by atoms with van der Waals surface area (Å²) in [6, 6.07) is 5.95. The molecule has 1 aromatic heterocycles. The Hall–Kier alpha value is -1.99. The molecule has 0 spiro atoms. The molecule has 1 aliphatic heterocycles. The summed E-state index contributed by atoms with van der Waals surface area (Å²) in [5.74, 6) is -0.592. The van der Waals surface area contributed by atoms with Gasteiger partial charge in [-0.05, 0) is 25.0 Å². The number of primary amides is 1. The number of rotatable bonds is 3. The number of hydrogen-bond donors (Lipinski definition) is 1. The fraction of sp³-hybridized carbons (Fsp3) is 0.333. The number of nitrogens with zero attached hydrogens (tertiary/aromatic N) is 2. The molecule has 1 aromatic carbocycles. The van der Waals surface area contributed by atoms with Crippen molar-refractivity contribution in [2.24, 2.45) is 5.73 Å². The number of fused-ring (bicyclic) bond motifs is 1. The molecule has 2 heterocycles. The maximum absolute atomic E-state index is 13.0. The van der Waals surface area contributed by atoms with Gasteiger partial charge in [-0.1, -0.05) is 18.6 Å². The molecule has 1 saturated heterocycles. The topological polar surface area (TPSA) is 93.4 Å². The molecule has 0 saturated carbocycles. The van der Waals surface area contributed by atoms with Gasteiger partial charge in [-0.25, -0.2) is 8.42 Å². The quantitative estimate of drug-likeness (QED) is 0.921. The molecule has 1 unspecified atom stereocenters. The van der Waals surface area contributed by atoms with Gasteiger partial charge in [0.15, 0.2) is 0 Å². The van der Waals surface area contributed by atoms with Crippen molar-refractivity contribution in [3.8, 4) is 0 Å². The second kappa shape index (κ2) is 5.66. The SMILES string of the molecule is NC(=O)C1CCCCN1S(=O)(=O)c1cccc2cnccc12. The van der Waals surface area contributed by atoms with Crippen LogP contribution >= 0.6 is 0 Å². The highest BCUT2D eigenvalue weighted by molar-refractivity contribution is 7.89. The lowest BCUT2D eigenvalue weighted by Gasteiger charge is -2.32. The molecular weight excluding hydrogens is 302 g/mol. The van der Waals surface area contributed by atoms with E-state index >= 15 is 0 Å². The Balaban J connectivity index is 2.13. The molecular formula is C15H17N3O3S. The zero-order valence-corrected chi connectivity index (χ0v) is 12.8. The molecule has 22 heavy (non-hydrogen) atoms. The number of sulfonamides is 1. The van der Waals surface area contributed by atoms with E-state index in [2.05, 4.69) is 4.98 Å². The van der Waals surface area contributed by atoms with Crippen molar-refractivity contribution in [2.45, 2.75) is 30.2 Å². The van der Waals surface area contributed by atoms with Crippen LogP contribution in [0.15, 0.2) is 41.6 Å². The predicted molar refractivity (Wildman–Crippen MR) is 82.5 cm³/mol. The zero-order valence-electron chi connectivity index (χ0n) is 12.0. The maximum atomic E-state index is 13.0. The summed E-state index contributed by atoms with van der Waals surface area (Å²) in [6.45, 7) is 0.317. The number of benzene rings is 1. The second-order valence-electron chi connectivity index (χ2n) is 5.38. The van der Waals surface area contributed by atoms with Crippen LogP contribution in [0.4, 0.5) is 0 Å². The van der Waals surface area contributed by atoms with E-state index in [0.717, 1.165) is 18.2 Å². The third kappa shape index (κ3) is 2.46. The van der Waals surface area contributed by atoms with Crippen molar-refractivity contribution in [3.05, 3.63) is 36.7 Å². The molecule has 116 valence electrons. The number of carbonyl (C=O) groups excluding carboxylic acids is 1. The van der Waals surface area contributed by atoms with Gasteiger partial charge in [0.05, 0.1) is 4.90 Å². The van der Waals surface area contributed by atoms with Crippen LogP contribution in [0.2, 0.25) is 0 Å². The average Bonchev–Trinajstić information content (AvgIpc) is 2.54. The van der Waals surface area contributed by atoms with Gasteiger partial charge in [0, 0.05) is 29.7 Å². The van der Waals surface area contributed by atoms with Crippen molar-refractivity contribution in [2.75, 3.05) is 6.54 Å². The molecule has 1 atom stereocenters. The minimum absolute atomic E-state index is 0.195. The van der Waals surface area contributed by atoms with Gasteiger partial charge in [-0.2, -0.15) is 4.31 Å². The molecule has 0 radical (unpaired) electrons. The first kappa shape index (κ1) is 14.9. The van der Waals surface area contributed by atoms with Crippen LogP contribution in [-0.4, -0.2) is 36.2 Å². The van der Waals surface area contributed by atoms with E-state index < -0.39 is 22.0 Å². The Morgan fingerprint density at radius 3 is 2.86 bits per heavy atom. The number of aromatic nitrogens is 1. The fourth-order valence-corrected chi connectivity index (χ4v) is 4.80. The number of piperidine rings is 1. The van der Waals surface area contributed by atoms with E-state index in [-0.39, 0.29) is 4.90 Å². The second-order valence-corrected chi connectivity index (χ2v) is 7.24. The molecule has 0 bridgehead atoms. The van der Waals surface area contributed by atoms with Crippen LogP contribution in [0.1, 0.15) is 19.3 Å². The van der Waals surface area contributed by atoms with E-state index in [1.165, 1.54) is 4.31 Å². The molecule has 1 fully saturated rings. The van der Waals surface area contributed by atoms with Gasteiger partial charge < -0.3 is 5.73 Å². The molecule has 0 aliphatic carbocycles. The lowest BCUT2D eigenvalue weighted by atomic mass is 10.0. The first-order chi connectivity index (χ1) is 10.5. The fourth-order valence-electron chi connectivity index (χ4n) is 2.92. The summed E-state index contributed by atoms with van der Waals surface area (Å²) in [5, 5.41) is 1.35. The van der Waals surface area contributed by atoms with Crippen LogP contribution in [0.5, 0.6) is 0 Å². The van der Waals surface area contributed by atoms with E-state index in [4.69, 9.17) is 5.73 Å². The van der Waals surface area contributed by atoms with E-state index in [0.29, 0.717) is 18.4 Å². The lowest BCUT2D eigenvalue weighted by molar-refractivity contribution is -0.122. The van der Waals surface area contributed by atoms with Gasteiger partial charge in [-0.15, -0.1) is 0 Å². The molecule has 1 aliphatic rings. The van der Waals surface area contributed by atoms with Crippen molar-refractivity contribution in [1.29, 1.82) is 0 Å². The van der Waals surface area contributed by atoms with Crippen molar-refractivity contribution >= 4 is 26.7 Å². The first-order valence-electron chi connectivity index (χ1n) is 7.16. The highest BCUT2D eigenvalue weighted by Gasteiger charge is 2.37. The highest BCUT2D eigenvalue weighted by atomic mass is 32.2. The Kier molecular flexibility index (Phi) is 3.84. The molecule has 2 aromatic rings. The Morgan fingerprint density at radius 1 is 1.27 bits per heavy atom. The van der Waals surface area contributed by atoms with Crippen molar-refractivity contribution in [3.63, 3.8) is 0 Å². The third-order valence-electron chi connectivity index (χ3n) is 4.01. The molecule has 7 heteroatoms. The van der Waals surface area contributed by atoms with Crippen LogP contribution in [-0.2, 0) is 14.8 Å². The summed E-state index contributed by atoms with van der Waals surface area (Å²) < 4.78 is 27.3. The third-order valence-corrected chi connectivity index (χ3v) is 5.98. The van der Waals surface area contributed by atoms with E-state index in [9.17, 15) is 13.2 Å². The number of nitrogens with two attached hydrogens (primary N) is 1. The summed E-state index contributed by atoms with van der Waals surface area (Å²) in [7, 11) is -3.78. The van der Waals surface area contributed by atoms with Crippen molar-refractivity contribution < 1.29 is 13.2 Å². The Bertz CT molecular complexity index is 814. The summed E-state index contributed by atoms with van der Waals surface area (Å²) in [6.07, 6.45) is 5.19. The number of hydrogen-bond acceptors (Lipinski definition) is 4. The Labute approximate surface area is 129 Å². The smallest absolute Gasteiger partial charge is 0.244 e. The van der Waals surface area contributed by atoms with Gasteiger partial charge in [0.25, 0.3) is 0 Å². The number of amides is 1. The summed E-state index contributed by atoms with van der Waals surface area (Å²) in [4.78, 5) is 15.8. The number of carbonyl (C=O) groups is 1. The standard InChI is InChI=1S/C15H17N3O3S/c16-15(19)13-5-1-2-9-18(13)22(20,21)14-6-3-4-11-10-17-8-7-12(11)14/h3-4,6-8,10,13H,1-2,5,9H2,(H2,16,19). The molecule has 3 rings (SSSR count). The normalized spacial score (nSPS) is 20.1. The van der Waals surface area contributed by atoms with Gasteiger partial charge in [-0.3, -0.25) is 9.78 Å². The van der Waals surface area contributed by atoms with Crippen molar-refractivity contribution in [1.82, 2.24) is 9.29 Å². The Morgan fingerprint density at radius 2 is 2.09 bits per heavy atom. The van der Waals surface area contributed by atoms with E-state index in [1.807, 2.05) is 6.07 Å². The lowest BCUT2D eigenvalue weighted by Crippen LogP contribution is -2.50. The maximum Gasteiger partial charge on any atom is 0.244 e. The van der Waals surface area contributed by atoms with Crippen LogP contribution in [0.3, 0.4) is 0 Å². The highest BCUT2D eigenvalue weighted by Crippen LogP contribution is 2.29. The van der Waals surface area contributed by atoms with Gasteiger partial charge in [0.1, 0.15) is 6.04 Å². The van der Waals surface area contributed by atoms with Crippen LogP contribution < -0.4 is 5.73 Å². The first-order valence-corrected chi connectivity index (χ1v) is 8.60. The summed E-state index contributed by atoms with van der Waals surface area (Å²) >= 11 is 0. The predicted octanol–water partition coefficient (Wildman–Crippen LogP) is 1.26. The average molecular weight is 319 g/mol. The van der Waals surface area contributed by atoms with Crippen LogP contribution in [0, 0.1) is 0 Å². The zero-order chi connectivity index (χ0) is 15.7. The van der Waals surface area contributed by atoms with Crippen LogP contribution in [0.25, 0.3) is 10.8 Å². The molecule has 2 N–H and O–H groups in total. The minimum Gasteiger partial charge on any atom is -0.368 e. The summed E-state index contributed by atoms with van der Waals surface area (Å²) in [5.41, 5.74) is 5.39. The molecule has 1 amide bonds. The van der Waals surface area contributed by atoms with Gasteiger partial charge >= 0.3 is 0 Å². The van der Waals surface area contributed by atoms with Gasteiger partial charge in [0.2, 0.25) is 15.9 Å². The number of pyridine rings is 1. The molecule has 6 nitrogen and oxygen atoms in total. The largest absolute Gasteiger partial charge is 0.368 e. The minimum atomic E-state index is -3.78.